The first-order valence-corrected chi connectivity index (χ1v) is 9.00. The molecular weight excluding hydrogens is 305 g/mol. The molecule has 0 aliphatic rings. The van der Waals surface area contributed by atoms with Crippen molar-refractivity contribution in [1.29, 1.82) is 0 Å². The van der Waals surface area contributed by atoms with E-state index in [1.165, 1.54) is 0 Å². The molecule has 0 saturated carbocycles. The van der Waals surface area contributed by atoms with Crippen LogP contribution < -0.4 is 15.9 Å². The zero-order chi connectivity index (χ0) is 16.1. The van der Waals surface area contributed by atoms with E-state index in [-0.39, 0.29) is 0 Å². The Hall–Kier alpha value is -2.64. The molecule has 4 heteroatoms. The number of hydrogen-bond donors (Lipinski definition) is 1. The molecule has 0 fully saturated rings. The van der Waals surface area contributed by atoms with Crippen molar-refractivity contribution >= 4 is 29.1 Å². The number of hydrogen-bond acceptors (Lipinski definition) is 1. The Bertz CT molecular complexity index is 743. The average Bonchev–Trinajstić information content (AvgIpc) is 2.62. The van der Waals surface area contributed by atoms with Crippen LogP contribution in [0.15, 0.2) is 95.7 Å². The molecule has 3 aromatic carbocycles. The fraction of sp³-hybridized carbons (Fsp3) is 0. The third-order valence-electron chi connectivity index (χ3n) is 3.63. The predicted octanol–water partition coefficient (Wildman–Crippen LogP) is 3.84. The number of carbonyl (C=O) groups is 1. The highest BCUT2D eigenvalue weighted by Crippen LogP contribution is 2.46. The second-order valence-corrected chi connectivity index (χ2v) is 8.04. The van der Waals surface area contributed by atoms with Gasteiger partial charge in [-0.05, 0) is 0 Å². The average molecular weight is 321 g/mol. The minimum absolute atomic E-state index is 0.930. The van der Waals surface area contributed by atoms with Gasteiger partial charge in [0, 0.05) is 15.9 Å². The zero-order valence-electron chi connectivity index (χ0n) is 12.4. The third-order valence-corrected chi connectivity index (χ3v) is 7.23. The molecule has 114 valence electrons. The van der Waals surface area contributed by atoms with Crippen LogP contribution in [0.1, 0.15) is 0 Å². The summed E-state index contributed by atoms with van der Waals surface area (Å²) in [5.74, 6) is 0. The molecule has 1 N–H and O–H groups in total. The van der Waals surface area contributed by atoms with Gasteiger partial charge in [0.2, 0.25) is 0 Å². The van der Waals surface area contributed by atoms with Gasteiger partial charge in [-0.1, -0.05) is 91.0 Å². The topological polar surface area (TPSA) is 49.7 Å². The molecular formula is C19H16NO2P. The monoisotopic (exact) mass is 321 g/mol. The van der Waals surface area contributed by atoms with Gasteiger partial charge in [0.1, 0.15) is 0 Å². The Morgan fingerprint density at radius 1 is 0.652 bits per heavy atom. The summed E-state index contributed by atoms with van der Waals surface area (Å²) in [6.07, 6.45) is -1.14. The zero-order valence-corrected chi connectivity index (χ0v) is 13.3. The van der Waals surface area contributed by atoms with Crippen LogP contribution in [0.25, 0.3) is 0 Å². The minimum atomic E-state index is -2.58. The van der Waals surface area contributed by atoms with E-state index in [0.29, 0.717) is 0 Å². The van der Waals surface area contributed by atoms with Gasteiger partial charge in [0.15, 0.2) is 0 Å². The third kappa shape index (κ3) is 2.96. The lowest BCUT2D eigenvalue weighted by molar-refractivity contribution is 0.206. The summed E-state index contributed by atoms with van der Waals surface area (Å²) < 4.78 is 4.25. The Kier molecular flexibility index (Phi) is 4.40. The first-order chi connectivity index (χ1) is 11.2. The maximum absolute atomic E-state index is 11.6. The van der Waals surface area contributed by atoms with E-state index >= 15 is 0 Å². The summed E-state index contributed by atoms with van der Waals surface area (Å²) >= 11 is 0. The summed E-state index contributed by atoms with van der Waals surface area (Å²) in [6, 6.07) is 29.1. The van der Waals surface area contributed by atoms with Crippen molar-refractivity contribution in [2.75, 3.05) is 0 Å². The fourth-order valence-corrected chi connectivity index (χ4v) is 5.99. The largest absolute Gasteiger partial charge is 0.463 e. The fourth-order valence-electron chi connectivity index (χ4n) is 2.68. The number of benzene rings is 3. The van der Waals surface area contributed by atoms with Gasteiger partial charge in [0.25, 0.3) is 0 Å². The van der Waals surface area contributed by atoms with Crippen molar-refractivity contribution in [3.05, 3.63) is 91.0 Å². The van der Waals surface area contributed by atoms with Crippen LogP contribution in [0.3, 0.4) is 0 Å². The Balaban J connectivity index is 2.43. The first kappa shape index (κ1) is 15.3. The second kappa shape index (κ2) is 6.64. The van der Waals surface area contributed by atoms with E-state index in [0.717, 1.165) is 15.9 Å². The smallest absolute Gasteiger partial charge is 0.430 e. The summed E-state index contributed by atoms with van der Waals surface area (Å²) in [6.45, 7) is 0. The highest BCUT2D eigenvalue weighted by molar-refractivity contribution is 7.87. The summed E-state index contributed by atoms with van der Waals surface area (Å²) in [7, 11) is -2.58. The van der Waals surface area contributed by atoms with Crippen molar-refractivity contribution < 1.29 is 9.90 Å². The van der Waals surface area contributed by atoms with Gasteiger partial charge in [-0.2, -0.15) is 4.74 Å². The van der Waals surface area contributed by atoms with Crippen molar-refractivity contribution in [2.45, 2.75) is 0 Å². The lowest BCUT2D eigenvalue weighted by Gasteiger charge is -2.25. The molecule has 0 bridgehead atoms. The van der Waals surface area contributed by atoms with Crippen LogP contribution in [0.5, 0.6) is 0 Å². The lowest BCUT2D eigenvalue weighted by atomic mass is 10.4. The van der Waals surface area contributed by atoms with Crippen LogP contribution >= 0.6 is 7.05 Å². The van der Waals surface area contributed by atoms with Gasteiger partial charge in [0.05, 0.1) is 7.05 Å². The molecule has 3 nitrogen and oxygen atoms in total. The summed E-state index contributed by atoms with van der Waals surface area (Å²) in [4.78, 5) is 11.6. The molecule has 23 heavy (non-hydrogen) atoms. The van der Waals surface area contributed by atoms with E-state index in [1.807, 2.05) is 91.0 Å². The van der Waals surface area contributed by atoms with Crippen molar-refractivity contribution in [3.63, 3.8) is 0 Å². The molecule has 0 aromatic heterocycles. The predicted molar refractivity (Wildman–Crippen MR) is 95.6 cm³/mol. The van der Waals surface area contributed by atoms with Crippen molar-refractivity contribution in [2.24, 2.45) is 4.74 Å². The number of amides is 1. The molecule has 0 spiro atoms. The van der Waals surface area contributed by atoms with Gasteiger partial charge in [-0.15, -0.1) is 0 Å². The first-order valence-electron chi connectivity index (χ1n) is 7.25. The molecule has 3 aromatic rings. The quantitative estimate of drug-likeness (QED) is 0.745. The SMILES string of the molecule is O=C(O)N=P(c1ccccc1)(c1ccccc1)c1ccccc1. The highest BCUT2D eigenvalue weighted by atomic mass is 31.2. The van der Waals surface area contributed by atoms with Crippen LogP contribution in [-0.4, -0.2) is 11.2 Å². The highest BCUT2D eigenvalue weighted by Gasteiger charge is 2.28. The molecule has 3 rings (SSSR count). The second-order valence-electron chi connectivity index (χ2n) is 5.02. The molecule has 1 amide bonds. The van der Waals surface area contributed by atoms with Crippen LogP contribution in [0, 0.1) is 0 Å². The van der Waals surface area contributed by atoms with Gasteiger partial charge in [-0.25, -0.2) is 4.79 Å². The van der Waals surface area contributed by atoms with E-state index < -0.39 is 13.1 Å². The van der Waals surface area contributed by atoms with E-state index in [1.54, 1.807) is 0 Å². The normalized spacial score (nSPS) is 11.0. The van der Waals surface area contributed by atoms with Crippen molar-refractivity contribution in [3.8, 4) is 0 Å². The van der Waals surface area contributed by atoms with Crippen LogP contribution in [0.4, 0.5) is 4.79 Å². The van der Waals surface area contributed by atoms with E-state index in [9.17, 15) is 9.90 Å². The number of nitrogens with zero attached hydrogens (tertiary/aromatic N) is 1. The van der Waals surface area contributed by atoms with Gasteiger partial charge >= 0.3 is 6.09 Å². The number of carboxylic acid groups (broad SMARTS) is 1. The molecule has 0 atom stereocenters. The van der Waals surface area contributed by atoms with Crippen LogP contribution in [-0.2, 0) is 0 Å². The summed E-state index contributed by atoms with van der Waals surface area (Å²) in [5, 5.41) is 12.3. The van der Waals surface area contributed by atoms with E-state index in [4.69, 9.17) is 0 Å². The molecule has 0 heterocycles. The Labute approximate surface area is 135 Å². The summed E-state index contributed by atoms with van der Waals surface area (Å²) in [5.41, 5.74) is 0. The standard InChI is InChI=1S/C19H16NO2P/c21-19(22)20-23(16-10-4-1-5-11-16,17-12-6-2-7-13-17)18-14-8-3-9-15-18/h1-15H,(H,21,22). The van der Waals surface area contributed by atoms with Gasteiger partial charge < -0.3 is 5.11 Å². The molecule has 0 aliphatic carbocycles. The molecule has 0 radical (unpaired) electrons. The Morgan fingerprint density at radius 3 is 1.22 bits per heavy atom. The minimum Gasteiger partial charge on any atom is -0.463 e. The Morgan fingerprint density at radius 2 is 0.957 bits per heavy atom. The van der Waals surface area contributed by atoms with Crippen LogP contribution in [0.2, 0.25) is 0 Å². The van der Waals surface area contributed by atoms with E-state index in [2.05, 4.69) is 4.74 Å². The van der Waals surface area contributed by atoms with Crippen molar-refractivity contribution in [1.82, 2.24) is 0 Å². The maximum Gasteiger partial charge on any atom is 0.430 e. The van der Waals surface area contributed by atoms with Gasteiger partial charge in [-0.3, -0.25) is 0 Å². The molecule has 0 aliphatic heterocycles. The lowest BCUT2D eigenvalue weighted by Crippen LogP contribution is -2.26. The molecule has 0 unspecified atom stereocenters. The maximum atomic E-state index is 11.6. The number of rotatable bonds is 3. The molecule has 0 saturated heterocycles.